The predicted molar refractivity (Wildman–Crippen MR) is 83.9 cm³/mol. The topological polar surface area (TPSA) is 104 Å². The zero-order chi connectivity index (χ0) is 17.4. The van der Waals surface area contributed by atoms with Gasteiger partial charge in [0, 0.05) is 20.0 Å². The van der Waals surface area contributed by atoms with Crippen molar-refractivity contribution in [2.24, 2.45) is 0 Å². The average Bonchev–Trinajstić information content (AvgIpc) is 3.08. The molecule has 4 rings (SSSR count). The molecule has 0 aliphatic carbocycles. The molecule has 3 heterocycles. The zero-order valence-corrected chi connectivity index (χ0v) is 14.4. The number of morpholine rings is 1. The molecule has 0 bridgehead atoms. The van der Waals surface area contributed by atoms with E-state index in [-0.39, 0.29) is 36.2 Å². The van der Waals surface area contributed by atoms with Crippen LogP contribution in [0.2, 0.25) is 0 Å². The van der Waals surface area contributed by atoms with Gasteiger partial charge in [-0.1, -0.05) is 6.07 Å². The van der Waals surface area contributed by atoms with Crippen molar-refractivity contribution in [2.45, 2.75) is 17.9 Å². The van der Waals surface area contributed by atoms with Gasteiger partial charge in [0.15, 0.2) is 11.5 Å². The first-order chi connectivity index (χ1) is 12.1. The number of rotatable bonds is 3. The summed E-state index contributed by atoms with van der Waals surface area (Å²) in [5, 5.41) is 7.68. The first-order valence-electron chi connectivity index (χ1n) is 7.86. The van der Waals surface area contributed by atoms with E-state index in [4.69, 9.17) is 18.6 Å². The quantitative estimate of drug-likeness (QED) is 0.788. The Balaban J connectivity index is 1.64. The van der Waals surface area contributed by atoms with E-state index < -0.39 is 16.1 Å². The molecule has 0 N–H and O–H groups in total. The van der Waals surface area contributed by atoms with Crippen LogP contribution >= 0.6 is 0 Å². The Bertz CT molecular complexity index is 881. The maximum atomic E-state index is 13.1. The lowest BCUT2D eigenvalue weighted by molar-refractivity contribution is -0.0177. The van der Waals surface area contributed by atoms with Gasteiger partial charge < -0.3 is 18.6 Å². The lowest BCUT2D eigenvalue weighted by Crippen LogP contribution is -2.42. The van der Waals surface area contributed by atoms with E-state index in [9.17, 15) is 8.42 Å². The summed E-state index contributed by atoms with van der Waals surface area (Å²) in [4.78, 5) is 0.0899. The summed E-state index contributed by atoms with van der Waals surface area (Å²) in [6.45, 7) is 2.93. The third-order valence-electron chi connectivity index (χ3n) is 3.99. The van der Waals surface area contributed by atoms with Gasteiger partial charge >= 0.3 is 0 Å². The Morgan fingerprint density at radius 3 is 2.80 bits per heavy atom. The van der Waals surface area contributed by atoms with Gasteiger partial charge in [-0.2, -0.15) is 4.31 Å². The van der Waals surface area contributed by atoms with E-state index >= 15 is 0 Å². The van der Waals surface area contributed by atoms with Gasteiger partial charge in [0.1, 0.15) is 24.2 Å². The van der Waals surface area contributed by atoms with Crippen LogP contribution in [0, 0.1) is 6.92 Å². The molecular formula is C15H17N3O6S. The van der Waals surface area contributed by atoms with Crippen LogP contribution in [-0.2, 0) is 14.8 Å². The summed E-state index contributed by atoms with van der Waals surface area (Å²) in [6.07, 6.45) is -0.596. The van der Waals surface area contributed by atoms with Crippen LogP contribution in [0.5, 0.6) is 11.5 Å². The van der Waals surface area contributed by atoms with E-state index in [2.05, 4.69) is 10.2 Å². The number of benzene rings is 1. The molecule has 2 aliphatic heterocycles. The van der Waals surface area contributed by atoms with Crippen LogP contribution < -0.4 is 9.47 Å². The van der Waals surface area contributed by atoms with Crippen molar-refractivity contribution >= 4 is 10.0 Å². The van der Waals surface area contributed by atoms with Crippen LogP contribution in [0.15, 0.2) is 27.5 Å². The lowest BCUT2D eigenvalue weighted by atomic mass is 10.3. The standard InChI is InChI=1S/C15H17N3O6S/c1-10-16-17-15(24-10)12-9-18(5-6-21-12)25(19,20)13-4-2-3-11-14(13)23-8-7-22-11/h2-4,12H,5-9H2,1H3. The van der Waals surface area contributed by atoms with Crippen molar-refractivity contribution < 1.29 is 27.0 Å². The van der Waals surface area contributed by atoms with Crippen LogP contribution in [0.4, 0.5) is 0 Å². The number of aryl methyl sites for hydroxylation is 1. The van der Waals surface area contributed by atoms with Crippen molar-refractivity contribution in [3.8, 4) is 11.5 Å². The fourth-order valence-electron chi connectivity index (χ4n) is 2.82. The zero-order valence-electron chi connectivity index (χ0n) is 13.5. The minimum atomic E-state index is -3.78. The summed E-state index contributed by atoms with van der Waals surface area (Å²) in [5.74, 6) is 1.36. The van der Waals surface area contributed by atoms with Crippen molar-refractivity contribution in [2.75, 3.05) is 32.9 Å². The molecular weight excluding hydrogens is 350 g/mol. The summed E-state index contributed by atoms with van der Waals surface area (Å²) in [5.41, 5.74) is 0. The summed E-state index contributed by atoms with van der Waals surface area (Å²) >= 11 is 0. The molecule has 134 valence electrons. The van der Waals surface area contributed by atoms with E-state index in [1.54, 1.807) is 19.1 Å². The van der Waals surface area contributed by atoms with Crippen molar-refractivity contribution in [3.63, 3.8) is 0 Å². The molecule has 1 saturated heterocycles. The molecule has 0 amide bonds. The normalized spacial score (nSPS) is 21.2. The minimum Gasteiger partial charge on any atom is -0.486 e. The molecule has 1 aromatic heterocycles. The Morgan fingerprint density at radius 2 is 2.00 bits per heavy atom. The second-order valence-corrected chi connectivity index (χ2v) is 7.57. The van der Waals surface area contributed by atoms with Crippen LogP contribution in [0.1, 0.15) is 17.9 Å². The van der Waals surface area contributed by atoms with E-state index in [1.807, 2.05) is 0 Å². The highest BCUT2D eigenvalue weighted by Crippen LogP contribution is 2.38. The molecule has 2 aliphatic rings. The highest BCUT2D eigenvalue weighted by Gasteiger charge is 2.36. The number of para-hydroxylation sites is 1. The van der Waals surface area contributed by atoms with Crippen LogP contribution in [0.3, 0.4) is 0 Å². The first kappa shape index (κ1) is 16.3. The molecule has 2 aromatic rings. The summed E-state index contributed by atoms with van der Waals surface area (Å²) in [7, 11) is -3.78. The fourth-order valence-corrected chi connectivity index (χ4v) is 4.39. The monoisotopic (exact) mass is 367 g/mol. The maximum Gasteiger partial charge on any atom is 0.247 e. The van der Waals surface area contributed by atoms with Gasteiger partial charge in [-0.05, 0) is 12.1 Å². The first-order valence-corrected chi connectivity index (χ1v) is 9.30. The Labute approximate surface area is 144 Å². The van der Waals surface area contributed by atoms with Crippen LogP contribution in [0.25, 0.3) is 0 Å². The number of hydrogen-bond donors (Lipinski definition) is 0. The molecule has 0 radical (unpaired) electrons. The highest BCUT2D eigenvalue weighted by molar-refractivity contribution is 7.89. The number of aromatic nitrogens is 2. The van der Waals surface area contributed by atoms with Gasteiger partial charge in [0.05, 0.1) is 6.61 Å². The number of hydrogen-bond acceptors (Lipinski definition) is 8. The van der Waals surface area contributed by atoms with Gasteiger partial charge in [0.2, 0.25) is 21.8 Å². The van der Waals surface area contributed by atoms with Gasteiger partial charge in [-0.3, -0.25) is 0 Å². The molecule has 25 heavy (non-hydrogen) atoms. The largest absolute Gasteiger partial charge is 0.486 e. The molecule has 0 spiro atoms. The second-order valence-electron chi connectivity index (χ2n) is 5.66. The van der Waals surface area contributed by atoms with Gasteiger partial charge in [-0.15, -0.1) is 10.2 Å². The number of sulfonamides is 1. The van der Waals surface area contributed by atoms with E-state index in [0.29, 0.717) is 24.9 Å². The SMILES string of the molecule is Cc1nnc(C2CN(S(=O)(=O)c3cccc4c3OCCO4)CCO2)o1. The van der Waals surface area contributed by atoms with Gasteiger partial charge in [0.25, 0.3) is 0 Å². The molecule has 9 nitrogen and oxygen atoms in total. The van der Waals surface area contributed by atoms with Crippen LogP contribution in [-0.4, -0.2) is 55.8 Å². The number of fused-ring (bicyclic) bond motifs is 1. The van der Waals surface area contributed by atoms with E-state index in [0.717, 1.165) is 0 Å². The predicted octanol–water partition coefficient (Wildman–Crippen LogP) is 0.911. The third kappa shape index (κ3) is 2.96. The molecule has 0 saturated carbocycles. The Morgan fingerprint density at radius 1 is 1.16 bits per heavy atom. The molecule has 1 aromatic carbocycles. The smallest absolute Gasteiger partial charge is 0.247 e. The Hall–Kier alpha value is -2.17. The van der Waals surface area contributed by atoms with Crippen molar-refractivity contribution in [3.05, 3.63) is 30.0 Å². The average molecular weight is 367 g/mol. The maximum absolute atomic E-state index is 13.1. The molecule has 1 unspecified atom stereocenters. The number of nitrogens with zero attached hydrogens (tertiary/aromatic N) is 3. The number of ether oxygens (including phenoxy) is 3. The highest BCUT2D eigenvalue weighted by atomic mass is 32.2. The third-order valence-corrected chi connectivity index (χ3v) is 5.88. The minimum absolute atomic E-state index is 0.0899. The Kier molecular flexibility index (Phi) is 4.10. The van der Waals surface area contributed by atoms with Crippen molar-refractivity contribution in [1.82, 2.24) is 14.5 Å². The summed E-state index contributed by atoms with van der Waals surface area (Å²) < 4.78 is 49.5. The van der Waals surface area contributed by atoms with E-state index in [1.165, 1.54) is 10.4 Å². The molecule has 1 atom stereocenters. The van der Waals surface area contributed by atoms with Crippen molar-refractivity contribution in [1.29, 1.82) is 0 Å². The lowest BCUT2D eigenvalue weighted by Gasteiger charge is -2.31. The fraction of sp³-hybridized carbons (Fsp3) is 0.467. The molecule has 10 heteroatoms. The summed E-state index contributed by atoms with van der Waals surface area (Å²) in [6, 6.07) is 4.85. The van der Waals surface area contributed by atoms with Gasteiger partial charge in [-0.25, -0.2) is 8.42 Å². The molecule has 1 fully saturated rings. The second kappa shape index (κ2) is 6.28.